The number of carbonyl (C=O) groups excluding carboxylic acids is 2. The molecule has 2 aromatic rings. The summed E-state index contributed by atoms with van der Waals surface area (Å²) in [6.45, 7) is 4.29. The van der Waals surface area contributed by atoms with Gasteiger partial charge in [-0.2, -0.15) is 0 Å². The molecule has 2 rings (SSSR count). The Morgan fingerprint density at radius 2 is 1.78 bits per heavy atom. The van der Waals surface area contributed by atoms with E-state index in [1.165, 1.54) is 6.07 Å². The summed E-state index contributed by atoms with van der Waals surface area (Å²) in [6, 6.07) is 11.2. The number of hydrogen-bond acceptors (Lipinski definition) is 4. The minimum atomic E-state index is -0.382. The Morgan fingerprint density at radius 1 is 1.07 bits per heavy atom. The maximum atomic E-state index is 12.0. The van der Waals surface area contributed by atoms with Gasteiger partial charge in [0.2, 0.25) is 0 Å². The van der Waals surface area contributed by atoms with Crippen molar-refractivity contribution < 1.29 is 19.1 Å². The summed E-state index contributed by atoms with van der Waals surface area (Å²) in [4.78, 5) is 23.9. The summed E-state index contributed by atoms with van der Waals surface area (Å²) in [7, 11) is 0. The molecule has 0 bridgehead atoms. The van der Waals surface area contributed by atoms with E-state index in [2.05, 4.69) is 19.2 Å². The molecule has 27 heavy (non-hydrogen) atoms. The molecule has 0 saturated carbocycles. The lowest BCUT2D eigenvalue weighted by Crippen LogP contribution is -2.20. The van der Waals surface area contributed by atoms with Gasteiger partial charge >= 0.3 is 5.97 Å². The molecule has 0 radical (unpaired) electrons. The van der Waals surface area contributed by atoms with Gasteiger partial charge < -0.3 is 14.8 Å². The van der Waals surface area contributed by atoms with Crippen molar-refractivity contribution in [1.29, 1.82) is 0 Å². The highest BCUT2D eigenvalue weighted by Gasteiger charge is 2.10. The van der Waals surface area contributed by atoms with Gasteiger partial charge in [0.1, 0.15) is 5.75 Å². The third-order valence-corrected chi connectivity index (χ3v) is 4.13. The van der Waals surface area contributed by atoms with Crippen LogP contribution in [0.1, 0.15) is 30.6 Å². The fourth-order valence-corrected chi connectivity index (χ4v) is 2.42. The Hall–Kier alpha value is -2.24. The molecule has 0 spiro atoms. The average Bonchev–Trinajstić information content (AvgIpc) is 2.62. The Bertz CT molecular complexity index is 791. The van der Waals surface area contributed by atoms with E-state index in [4.69, 9.17) is 32.7 Å². The molecule has 0 aromatic heterocycles. The summed E-state index contributed by atoms with van der Waals surface area (Å²) in [5, 5.41) is 3.51. The number of hydrogen-bond donors (Lipinski definition) is 1. The van der Waals surface area contributed by atoms with E-state index in [1.54, 1.807) is 36.4 Å². The number of nitrogens with one attached hydrogen (secondary N) is 1. The van der Waals surface area contributed by atoms with Gasteiger partial charge in [0.25, 0.3) is 5.91 Å². The van der Waals surface area contributed by atoms with Gasteiger partial charge in [-0.05, 0) is 48.7 Å². The zero-order chi connectivity index (χ0) is 19.8. The highest BCUT2D eigenvalue weighted by atomic mass is 35.5. The number of anilines is 1. The largest absolute Gasteiger partial charge is 0.482 e. The Morgan fingerprint density at radius 3 is 2.44 bits per heavy atom. The number of ether oxygens (including phenoxy) is 2. The zero-order valence-electron chi connectivity index (χ0n) is 15.1. The monoisotopic (exact) mass is 409 g/mol. The highest BCUT2D eigenvalue weighted by Crippen LogP contribution is 2.27. The van der Waals surface area contributed by atoms with Gasteiger partial charge in [-0.15, -0.1) is 0 Å². The van der Waals surface area contributed by atoms with Crippen molar-refractivity contribution in [3.05, 3.63) is 58.1 Å². The van der Waals surface area contributed by atoms with Crippen LogP contribution in [0.25, 0.3) is 0 Å². The SMILES string of the molecule is CC(C)CCOC(=O)c1ccc(NC(=O)COc2cc(Cl)ccc2Cl)cc1. The lowest BCUT2D eigenvalue weighted by Gasteiger charge is -2.10. The molecule has 1 N–H and O–H groups in total. The molecule has 0 aliphatic carbocycles. The number of amides is 1. The molecule has 0 atom stereocenters. The molecule has 7 heteroatoms. The predicted molar refractivity (Wildman–Crippen MR) is 107 cm³/mol. The molecule has 1 amide bonds. The van der Waals surface area contributed by atoms with Crippen molar-refractivity contribution >= 4 is 40.8 Å². The van der Waals surface area contributed by atoms with Crippen molar-refractivity contribution in [2.75, 3.05) is 18.5 Å². The lowest BCUT2D eigenvalue weighted by molar-refractivity contribution is -0.118. The molecular formula is C20H21Cl2NO4. The summed E-state index contributed by atoms with van der Waals surface area (Å²) < 4.78 is 10.6. The molecule has 0 heterocycles. The first-order chi connectivity index (χ1) is 12.8. The molecule has 0 unspecified atom stereocenters. The zero-order valence-corrected chi connectivity index (χ0v) is 16.6. The molecule has 0 fully saturated rings. The van der Waals surface area contributed by atoms with Crippen LogP contribution in [0, 0.1) is 5.92 Å². The second-order valence-corrected chi connectivity index (χ2v) is 7.15. The molecular weight excluding hydrogens is 389 g/mol. The van der Waals surface area contributed by atoms with E-state index in [9.17, 15) is 9.59 Å². The van der Waals surface area contributed by atoms with Crippen LogP contribution in [0.5, 0.6) is 5.75 Å². The standard InChI is InChI=1S/C20H21Cl2NO4/c1-13(2)9-10-26-20(25)14-3-6-16(7-4-14)23-19(24)12-27-18-11-15(21)5-8-17(18)22/h3-8,11,13H,9-10,12H2,1-2H3,(H,23,24). The van der Waals surface area contributed by atoms with Crippen LogP contribution < -0.4 is 10.1 Å². The van der Waals surface area contributed by atoms with Crippen LogP contribution in [0.3, 0.4) is 0 Å². The van der Waals surface area contributed by atoms with Crippen molar-refractivity contribution in [2.45, 2.75) is 20.3 Å². The van der Waals surface area contributed by atoms with Crippen molar-refractivity contribution in [2.24, 2.45) is 5.92 Å². The van der Waals surface area contributed by atoms with Gasteiger partial charge in [0.05, 0.1) is 17.2 Å². The van der Waals surface area contributed by atoms with E-state index in [0.29, 0.717) is 39.6 Å². The van der Waals surface area contributed by atoms with Crippen molar-refractivity contribution in [3.8, 4) is 5.75 Å². The number of rotatable bonds is 8. The summed E-state index contributed by atoms with van der Waals surface area (Å²) in [6.07, 6.45) is 0.816. The number of halogens is 2. The third kappa shape index (κ3) is 7.12. The number of esters is 1. The molecule has 0 saturated heterocycles. The number of benzene rings is 2. The van der Waals surface area contributed by atoms with Crippen LogP contribution in [0.4, 0.5) is 5.69 Å². The Labute approximate surface area is 168 Å². The van der Waals surface area contributed by atoms with Gasteiger partial charge in [0.15, 0.2) is 6.61 Å². The van der Waals surface area contributed by atoms with Crippen molar-refractivity contribution in [3.63, 3.8) is 0 Å². The van der Waals surface area contributed by atoms with E-state index in [0.717, 1.165) is 6.42 Å². The first-order valence-electron chi connectivity index (χ1n) is 8.50. The summed E-state index contributed by atoms with van der Waals surface area (Å²) >= 11 is 11.9. The fraction of sp³-hybridized carbons (Fsp3) is 0.300. The minimum Gasteiger partial charge on any atom is -0.482 e. The molecule has 0 aliphatic rings. The van der Waals surface area contributed by atoms with Gasteiger partial charge in [0, 0.05) is 16.8 Å². The highest BCUT2D eigenvalue weighted by molar-refractivity contribution is 6.34. The van der Waals surface area contributed by atoms with Gasteiger partial charge in [-0.3, -0.25) is 4.79 Å². The second kappa shape index (κ2) is 10.2. The Balaban J connectivity index is 1.83. The lowest BCUT2D eigenvalue weighted by atomic mass is 10.1. The van der Waals surface area contributed by atoms with Crippen LogP contribution >= 0.6 is 23.2 Å². The summed E-state index contributed by atoms with van der Waals surface area (Å²) in [5.41, 5.74) is 0.971. The fourth-order valence-electron chi connectivity index (χ4n) is 2.09. The first kappa shape index (κ1) is 21.1. The van der Waals surface area contributed by atoms with E-state index in [1.807, 2.05) is 0 Å². The first-order valence-corrected chi connectivity index (χ1v) is 9.25. The molecule has 0 aliphatic heterocycles. The van der Waals surface area contributed by atoms with Crippen molar-refractivity contribution in [1.82, 2.24) is 0 Å². The topological polar surface area (TPSA) is 64.6 Å². The molecule has 5 nitrogen and oxygen atoms in total. The second-order valence-electron chi connectivity index (χ2n) is 6.31. The Kier molecular flexibility index (Phi) is 7.95. The molecule has 144 valence electrons. The summed E-state index contributed by atoms with van der Waals surface area (Å²) in [5.74, 6) is 0.0592. The number of carbonyl (C=O) groups is 2. The van der Waals surface area contributed by atoms with Crippen LogP contribution in [0.15, 0.2) is 42.5 Å². The van der Waals surface area contributed by atoms with Gasteiger partial charge in [-0.1, -0.05) is 37.0 Å². The normalized spacial score (nSPS) is 10.6. The van der Waals surface area contributed by atoms with Crippen LogP contribution in [-0.2, 0) is 9.53 Å². The van der Waals surface area contributed by atoms with E-state index in [-0.39, 0.29) is 18.5 Å². The third-order valence-electron chi connectivity index (χ3n) is 3.58. The van der Waals surface area contributed by atoms with Crippen LogP contribution in [0.2, 0.25) is 10.0 Å². The maximum Gasteiger partial charge on any atom is 0.338 e. The van der Waals surface area contributed by atoms with E-state index < -0.39 is 0 Å². The predicted octanol–water partition coefficient (Wildman–Crippen LogP) is 5.21. The minimum absolute atomic E-state index is 0.223. The van der Waals surface area contributed by atoms with Crippen LogP contribution in [-0.4, -0.2) is 25.1 Å². The quantitative estimate of drug-likeness (QED) is 0.607. The average molecular weight is 410 g/mol. The smallest absolute Gasteiger partial charge is 0.338 e. The van der Waals surface area contributed by atoms with Gasteiger partial charge in [-0.25, -0.2) is 4.79 Å². The maximum absolute atomic E-state index is 12.0. The van der Waals surface area contributed by atoms with E-state index >= 15 is 0 Å². The molecule has 2 aromatic carbocycles.